The van der Waals surface area contributed by atoms with Gasteiger partial charge >= 0.3 is 36.2 Å². The maximum atomic E-state index is 6.08. The molecule has 0 aliphatic heterocycles. The molecule has 0 aromatic carbocycles. The largest absolute Gasteiger partial charge is 0.474 e. The van der Waals surface area contributed by atoms with Crippen LogP contribution in [0.1, 0.15) is 0 Å². The quantitative estimate of drug-likeness (QED) is 0.532. The van der Waals surface area contributed by atoms with Gasteiger partial charge in [0.25, 0.3) is 0 Å². The minimum Gasteiger partial charge on any atom is -0.416 e. The van der Waals surface area contributed by atoms with Gasteiger partial charge in [-0.1, -0.05) is 0 Å². The first kappa shape index (κ1) is 19.6. The van der Waals surface area contributed by atoms with Crippen molar-refractivity contribution >= 4 is 36.2 Å². The van der Waals surface area contributed by atoms with Gasteiger partial charge in [-0.25, -0.2) is 0 Å². The predicted molar refractivity (Wildman–Crippen MR) is 80.6 cm³/mol. The second-order valence-electron chi connectivity index (χ2n) is 4.66. The van der Waals surface area contributed by atoms with Gasteiger partial charge in [0.2, 0.25) is 0 Å². The monoisotopic (exact) mass is 346 g/mol. The van der Waals surface area contributed by atoms with Crippen LogP contribution in [0.2, 0.25) is 26.2 Å². The van der Waals surface area contributed by atoms with Gasteiger partial charge in [0.15, 0.2) is 0 Å². The average Bonchev–Trinajstić information content (AvgIpc) is 2.31. The molecule has 0 bridgehead atoms. The van der Waals surface area contributed by atoms with Crippen molar-refractivity contribution in [1.29, 1.82) is 0 Å². The van der Waals surface area contributed by atoms with Gasteiger partial charge in [-0.3, -0.25) is 0 Å². The first-order valence-corrected chi connectivity index (χ1v) is 14.3. The van der Waals surface area contributed by atoms with Crippen molar-refractivity contribution in [2.75, 3.05) is 28.4 Å². The third kappa shape index (κ3) is 8.46. The van der Waals surface area contributed by atoms with Crippen LogP contribution >= 0.6 is 0 Å². The molecule has 0 aliphatic rings. The molecule has 11 heteroatoms. The summed E-state index contributed by atoms with van der Waals surface area (Å²) >= 11 is 0. The minimum atomic E-state index is -2.38. The van der Waals surface area contributed by atoms with Crippen LogP contribution in [0.4, 0.5) is 0 Å². The fourth-order valence-corrected chi connectivity index (χ4v) is 13.1. The van der Waals surface area contributed by atoms with E-state index in [0.717, 1.165) is 0 Å². The van der Waals surface area contributed by atoms with E-state index < -0.39 is 36.2 Å². The van der Waals surface area contributed by atoms with E-state index in [4.69, 9.17) is 30.0 Å². The van der Waals surface area contributed by atoms with Gasteiger partial charge in [0.05, 0.1) is 0 Å². The maximum absolute atomic E-state index is 6.08. The van der Waals surface area contributed by atoms with Crippen molar-refractivity contribution in [2.45, 2.75) is 26.2 Å². The number of hydrogen-bond donors (Lipinski definition) is 0. The molecule has 0 spiro atoms. The van der Waals surface area contributed by atoms with E-state index in [0.29, 0.717) is 0 Å². The Morgan fingerprint density at radius 1 is 0.579 bits per heavy atom. The Kier molecular flexibility index (Phi) is 9.05. The molecule has 0 N–H and O–H groups in total. The average molecular weight is 347 g/mol. The standard InChI is InChI=1S/C8H26O7Si4/c1-9-16(10-2)13-18(5,6)15-19(7,8)14-17(11-3)12-4/h16-17H,1-8H3. The first-order valence-electron chi connectivity index (χ1n) is 5.86. The minimum absolute atomic E-state index is 1.57. The molecular weight excluding hydrogens is 320 g/mol. The highest BCUT2D eigenvalue weighted by molar-refractivity contribution is 6.83. The van der Waals surface area contributed by atoms with Crippen LogP contribution in [-0.4, -0.2) is 64.6 Å². The molecule has 0 aromatic rings. The van der Waals surface area contributed by atoms with Gasteiger partial charge < -0.3 is 30.0 Å². The summed E-state index contributed by atoms with van der Waals surface area (Å²) in [6.45, 7) is 7.78. The lowest BCUT2D eigenvalue weighted by Gasteiger charge is -2.35. The van der Waals surface area contributed by atoms with Crippen LogP contribution in [0, 0.1) is 0 Å². The zero-order chi connectivity index (χ0) is 15.1. The molecule has 0 heterocycles. The van der Waals surface area contributed by atoms with Crippen molar-refractivity contribution in [3.8, 4) is 0 Å². The maximum Gasteiger partial charge on any atom is 0.474 e. The van der Waals surface area contributed by atoms with E-state index in [-0.39, 0.29) is 0 Å². The summed E-state index contributed by atoms with van der Waals surface area (Å²) in [6, 6.07) is 0. The van der Waals surface area contributed by atoms with Crippen LogP contribution in [-0.2, 0) is 30.0 Å². The Morgan fingerprint density at radius 3 is 1.05 bits per heavy atom. The molecule has 0 amide bonds. The van der Waals surface area contributed by atoms with Crippen molar-refractivity contribution in [3.63, 3.8) is 0 Å². The predicted octanol–water partition coefficient (Wildman–Crippen LogP) is 0.460. The highest BCUT2D eigenvalue weighted by Crippen LogP contribution is 2.18. The van der Waals surface area contributed by atoms with E-state index in [1.807, 2.05) is 26.2 Å². The Balaban J connectivity index is 4.52. The van der Waals surface area contributed by atoms with Crippen LogP contribution in [0.15, 0.2) is 0 Å². The topological polar surface area (TPSA) is 64.6 Å². The Hall–Kier alpha value is 0.588. The highest BCUT2D eigenvalue weighted by atomic mass is 28.5. The highest BCUT2D eigenvalue weighted by Gasteiger charge is 2.40. The van der Waals surface area contributed by atoms with Crippen molar-refractivity contribution in [2.24, 2.45) is 0 Å². The smallest absolute Gasteiger partial charge is 0.416 e. The molecule has 0 radical (unpaired) electrons. The molecular formula is C8H26O7Si4. The summed E-state index contributed by atoms with van der Waals surface area (Å²) in [7, 11) is -2.67. The third-order valence-electron chi connectivity index (χ3n) is 2.02. The van der Waals surface area contributed by atoms with Gasteiger partial charge in [0, 0.05) is 28.4 Å². The van der Waals surface area contributed by atoms with E-state index >= 15 is 0 Å². The molecule has 0 saturated carbocycles. The zero-order valence-corrected chi connectivity index (χ0v) is 17.3. The van der Waals surface area contributed by atoms with Crippen LogP contribution < -0.4 is 0 Å². The molecule has 19 heavy (non-hydrogen) atoms. The van der Waals surface area contributed by atoms with Crippen molar-refractivity contribution < 1.29 is 30.0 Å². The molecule has 0 aliphatic carbocycles. The second kappa shape index (κ2) is 8.78. The number of hydrogen-bond acceptors (Lipinski definition) is 7. The van der Waals surface area contributed by atoms with Crippen molar-refractivity contribution in [1.82, 2.24) is 0 Å². The molecule has 0 fully saturated rings. The SMILES string of the molecule is CO[SiH](OC)O[Si](C)(C)O[Si](C)(C)O[SiH](OC)OC. The summed E-state index contributed by atoms with van der Waals surface area (Å²) in [4.78, 5) is 0. The summed E-state index contributed by atoms with van der Waals surface area (Å²) in [5.74, 6) is 0. The third-order valence-corrected chi connectivity index (χ3v) is 13.6. The molecule has 0 atom stereocenters. The normalized spacial score (nSPS) is 13.6. The second-order valence-corrected chi connectivity index (χ2v) is 16.0. The van der Waals surface area contributed by atoms with Crippen LogP contribution in [0.25, 0.3) is 0 Å². The lowest BCUT2D eigenvalue weighted by molar-refractivity contribution is 0.166. The summed E-state index contributed by atoms with van der Waals surface area (Å²) < 4.78 is 38.3. The molecule has 0 aromatic heterocycles. The number of rotatable bonds is 10. The first-order chi connectivity index (χ1) is 8.69. The Morgan fingerprint density at radius 2 is 0.842 bits per heavy atom. The van der Waals surface area contributed by atoms with E-state index in [9.17, 15) is 0 Å². The lowest BCUT2D eigenvalue weighted by Crippen LogP contribution is -2.53. The zero-order valence-electron chi connectivity index (χ0n) is 13.0. The molecule has 7 nitrogen and oxygen atoms in total. The Bertz CT molecular complexity index is 221. The summed E-state index contributed by atoms with van der Waals surface area (Å²) in [5.41, 5.74) is 0. The van der Waals surface area contributed by atoms with Gasteiger partial charge in [0.1, 0.15) is 0 Å². The molecule has 0 rings (SSSR count). The van der Waals surface area contributed by atoms with E-state index in [1.165, 1.54) is 0 Å². The molecule has 0 saturated heterocycles. The Labute approximate surface area is 121 Å². The molecule has 116 valence electrons. The van der Waals surface area contributed by atoms with E-state index in [2.05, 4.69) is 0 Å². The fourth-order valence-electron chi connectivity index (χ4n) is 1.49. The van der Waals surface area contributed by atoms with Gasteiger partial charge in [-0.05, 0) is 26.2 Å². The van der Waals surface area contributed by atoms with Crippen molar-refractivity contribution in [3.05, 3.63) is 0 Å². The fraction of sp³-hybridized carbons (Fsp3) is 1.00. The van der Waals surface area contributed by atoms with Gasteiger partial charge in [-0.2, -0.15) is 0 Å². The van der Waals surface area contributed by atoms with E-state index in [1.54, 1.807) is 28.4 Å². The molecule has 0 unspecified atom stereocenters. The summed E-state index contributed by atoms with van der Waals surface area (Å²) in [6.07, 6.45) is 0. The van der Waals surface area contributed by atoms with Gasteiger partial charge in [-0.15, -0.1) is 0 Å². The lowest BCUT2D eigenvalue weighted by atomic mass is 11.8. The van der Waals surface area contributed by atoms with Crippen LogP contribution in [0.3, 0.4) is 0 Å². The summed E-state index contributed by atoms with van der Waals surface area (Å²) in [5, 5.41) is 0. The van der Waals surface area contributed by atoms with Crippen LogP contribution in [0.5, 0.6) is 0 Å².